The van der Waals surface area contributed by atoms with Crippen molar-refractivity contribution in [2.24, 2.45) is 0 Å². The molecule has 0 aliphatic heterocycles. The largest absolute Gasteiger partial charge is 4.00 e. The van der Waals surface area contributed by atoms with E-state index in [0.29, 0.717) is 0 Å². The van der Waals surface area contributed by atoms with Gasteiger partial charge in [0.15, 0.2) is 0 Å². The van der Waals surface area contributed by atoms with Crippen LogP contribution in [0, 0.1) is 0 Å². The van der Waals surface area contributed by atoms with Crippen molar-refractivity contribution in [3.05, 3.63) is 0 Å². The van der Waals surface area contributed by atoms with E-state index < -0.39 is 0 Å². The van der Waals surface area contributed by atoms with Crippen LogP contribution in [0.25, 0.3) is 0 Å². The van der Waals surface area contributed by atoms with Crippen LogP contribution in [0.4, 0.5) is 0 Å². The number of rotatable bonds is 0. The molecule has 0 spiro atoms. The molecular formula is AlOSi2+9. The van der Waals surface area contributed by atoms with E-state index in [4.69, 9.17) is 0 Å². The van der Waals surface area contributed by atoms with Crippen LogP contribution in [0.15, 0.2) is 0 Å². The van der Waals surface area contributed by atoms with Crippen molar-refractivity contribution in [1.29, 1.82) is 0 Å². The van der Waals surface area contributed by atoms with E-state index in [1.54, 1.807) is 0 Å². The van der Waals surface area contributed by atoms with Crippen LogP contribution in [-0.2, 0) is 5.48 Å². The standard InChI is InChI=1S/Al.O.2Si/q+3;-2;2*+4. The maximum absolute atomic E-state index is 0. The van der Waals surface area contributed by atoms with Gasteiger partial charge in [0.2, 0.25) is 0 Å². The minimum Gasteiger partial charge on any atom is -2.00 e. The Morgan fingerprint density at radius 3 is 0.750 bits per heavy atom. The van der Waals surface area contributed by atoms with E-state index in [0.717, 1.165) is 0 Å². The van der Waals surface area contributed by atoms with Crippen LogP contribution < -0.4 is 0 Å². The Morgan fingerprint density at radius 2 is 0.750 bits per heavy atom. The van der Waals surface area contributed by atoms with Gasteiger partial charge >= 0.3 is 39.3 Å². The van der Waals surface area contributed by atoms with Gasteiger partial charge in [-0.25, -0.2) is 0 Å². The molecule has 0 rings (SSSR count). The second-order valence-corrected chi connectivity index (χ2v) is 0. The summed E-state index contributed by atoms with van der Waals surface area (Å²) in [5, 5.41) is 0. The zero-order chi connectivity index (χ0) is 0. The molecule has 4 heteroatoms. The molecule has 0 aromatic heterocycles. The summed E-state index contributed by atoms with van der Waals surface area (Å²) >= 11 is 0. The summed E-state index contributed by atoms with van der Waals surface area (Å²) in [5.74, 6) is 0. The van der Waals surface area contributed by atoms with E-state index in [1.807, 2.05) is 0 Å². The molecule has 0 N–H and O–H groups in total. The summed E-state index contributed by atoms with van der Waals surface area (Å²) in [6.07, 6.45) is 0. The van der Waals surface area contributed by atoms with Crippen molar-refractivity contribution in [3.63, 3.8) is 0 Å². The van der Waals surface area contributed by atoms with Crippen molar-refractivity contribution in [3.8, 4) is 0 Å². The molecule has 0 aromatic rings. The smallest absolute Gasteiger partial charge is 2.00 e. The molecule has 0 aliphatic rings. The van der Waals surface area contributed by atoms with E-state index >= 15 is 0 Å². The van der Waals surface area contributed by atoms with Gasteiger partial charge in [-0.3, -0.25) is 0 Å². The van der Waals surface area contributed by atoms with E-state index in [1.165, 1.54) is 0 Å². The van der Waals surface area contributed by atoms with Gasteiger partial charge in [0, 0.05) is 0 Å². The molecule has 0 amide bonds. The zero-order valence-electron chi connectivity index (χ0n) is 1.99. The molecule has 0 heterocycles. The fourth-order valence-electron chi connectivity index (χ4n) is 0. The molecule has 0 bridgehead atoms. The Labute approximate surface area is 45.3 Å². The van der Waals surface area contributed by atoms with Crippen molar-refractivity contribution >= 4 is 39.3 Å². The number of hydrogen-bond donors (Lipinski definition) is 0. The molecule has 0 aromatic carbocycles. The van der Waals surface area contributed by atoms with E-state index in [2.05, 4.69) is 0 Å². The third-order valence-electron chi connectivity index (χ3n) is 0. The van der Waals surface area contributed by atoms with Crippen LogP contribution in [0.1, 0.15) is 0 Å². The van der Waals surface area contributed by atoms with Crippen LogP contribution in [0.3, 0.4) is 0 Å². The molecule has 0 saturated carbocycles. The first-order valence-electron chi connectivity index (χ1n) is 0. The minimum atomic E-state index is 0. The molecule has 0 radical (unpaired) electrons. The SMILES string of the molecule is [Al+3].[O-2].[Si+4].[Si+4]. The van der Waals surface area contributed by atoms with Crippen molar-refractivity contribution < 1.29 is 5.48 Å². The molecule has 8 valence electrons. The summed E-state index contributed by atoms with van der Waals surface area (Å²) in [7, 11) is 0. The van der Waals surface area contributed by atoms with Gasteiger partial charge in [-0.05, 0) is 0 Å². The van der Waals surface area contributed by atoms with Crippen molar-refractivity contribution in [1.82, 2.24) is 0 Å². The third kappa shape index (κ3) is 12.7. The summed E-state index contributed by atoms with van der Waals surface area (Å²) in [4.78, 5) is 0. The second-order valence-electron chi connectivity index (χ2n) is 0. The summed E-state index contributed by atoms with van der Waals surface area (Å²) in [5.41, 5.74) is 0. The number of hydrogen-bond acceptors (Lipinski definition) is 0. The fourth-order valence-corrected chi connectivity index (χ4v) is 0. The van der Waals surface area contributed by atoms with Gasteiger partial charge in [-0.1, -0.05) is 0 Å². The van der Waals surface area contributed by atoms with Gasteiger partial charge in [0.1, 0.15) is 0 Å². The van der Waals surface area contributed by atoms with E-state index in [-0.39, 0.29) is 44.8 Å². The van der Waals surface area contributed by atoms with Gasteiger partial charge in [0.05, 0.1) is 0 Å². The van der Waals surface area contributed by atoms with Crippen LogP contribution in [-0.4, -0.2) is 39.3 Å². The van der Waals surface area contributed by atoms with Gasteiger partial charge in [-0.15, -0.1) is 0 Å². The predicted octanol–water partition coefficient (Wildman–Crippen LogP) is -1.26. The molecule has 1 nitrogen and oxygen atoms in total. The van der Waals surface area contributed by atoms with Crippen LogP contribution >= 0.6 is 0 Å². The molecule has 0 atom stereocenters. The summed E-state index contributed by atoms with van der Waals surface area (Å²) in [6.45, 7) is 0. The predicted molar refractivity (Wildman–Crippen MR) is 17.9 cm³/mol. The summed E-state index contributed by atoms with van der Waals surface area (Å²) < 4.78 is 0. The maximum atomic E-state index is 0. The Balaban J connectivity index is 0. The fraction of sp³-hybridized carbons (Fsp3) is 0. The minimum absolute atomic E-state index is 0. The van der Waals surface area contributed by atoms with Gasteiger partial charge < -0.3 is 5.48 Å². The molecule has 0 unspecified atom stereocenters. The topological polar surface area (TPSA) is 28.5 Å². The Morgan fingerprint density at radius 1 is 0.750 bits per heavy atom. The third-order valence-corrected chi connectivity index (χ3v) is 0. The van der Waals surface area contributed by atoms with Crippen molar-refractivity contribution in [2.75, 3.05) is 0 Å². The van der Waals surface area contributed by atoms with Gasteiger partial charge in [-0.2, -0.15) is 0 Å². The Hall–Kier alpha value is 0.926. The van der Waals surface area contributed by atoms with Crippen LogP contribution in [0.2, 0.25) is 0 Å². The molecule has 0 saturated heterocycles. The van der Waals surface area contributed by atoms with E-state index in [9.17, 15) is 0 Å². The Bertz CT molecular complexity index is 6.00. The second kappa shape index (κ2) is 39.2. The zero-order valence-corrected chi connectivity index (χ0v) is 5.14. The first-order chi connectivity index (χ1) is 0. The monoisotopic (exact) mass is 98.9 g/mol. The Kier molecular flexibility index (Phi) is 867. The molecule has 0 fully saturated rings. The normalized spacial score (nSPS) is 0. The molecule has 0 aliphatic carbocycles. The molecular weight excluding hydrogens is 99.2 g/mol. The van der Waals surface area contributed by atoms with Crippen molar-refractivity contribution in [2.45, 2.75) is 0 Å². The van der Waals surface area contributed by atoms with Crippen LogP contribution in [0.5, 0.6) is 0 Å². The molecule has 4 heavy (non-hydrogen) atoms. The average Bonchev–Trinajstić information content (AvgIpc) is 0. The first kappa shape index (κ1) is 88.5. The van der Waals surface area contributed by atoms with Gasteiger partial charge in [0.25, 0.3) is 0 Å². The first-order valence-corrected chi connectivity index (χ1v) is 0. The summed E-state index contributed by atoms with van der Waals surface area (Å²) in [6, 6.07) is 0. The average molecular weight is 99.2 g/mol. The maximum Gasteiger partial charge on any atom is 4.00 e. The quantitative estimate of drug-likeness (QED) is 0.339.